The van der Waals surface area contributed by atoms with E-state index in [0.29, 0.717) is 23.2 Å². The number of hydrogen-bond acceptors (Lipinski definition) is 3. The van der Waals surface area contributed by atoms with E-state index < -0.39 is 6.04 Å². The van der Waals surface area contributed by atoms with E-state index in [4.69, 9.17) is 0 Å². The van der Waals surface area contributed by atoms with Crippen molar-refractivity contribution in [2.75, 3.05) is 20.6 Å². The van der Waals surface area contributed by atoms with Crippen LogP contribution in [0.3, 0.4) is 0 Å². The monoisotopic (exact) mass is 497 g/mol. The number of likely N-dealkylation sites (tertiary alicyclic amines) is 1. The number of likely N-dealkylation sites (N-methyl/N-ethyl adjacent to an activating group) is 1. The zero-order valence-electron chi connectivity index (χ0n) is 24.0. The van der Waals surface area contributed by atoms with E-state index in [2.05, 4.69) is 51.0 Å². The molecule has 5 nitrogen and oxygen atoms in total. The Morgan fingerprint density at radius 2 is 1.86 bits per heavy atom. The molecular formula is C31H51N3O2. The molecule has 5 heteroatoms. The third-order valence-electron chi connectivity index (χ3n) is 12.0. The Balaban J connectivity index is 1.31. The van der Waals surface area contributed by atoms with Gasteiger partial charge in [-0.15, -0.1) is 0 Å². The van der Waals surface area contributed by atoms with E-state index in [1.54, 1.807) is 5.57 Å². The maximum absolute atomic E-state index is 13.5. The Morgan fingerprint density at radius 1 is 1.14 bits per heavy atom. The number of carbonyl (C=O) groups is 2. The zero-order chi connectivity index (χ0) is 26.0. The fraction of sp³-hybridized carbons (Fsp3) is 0.871. The Hall–Kier alpha value is -1.36. The third-order valence-corrected chi connectivity index (χ3v) is 12.0. The Kier molecular flexibility index (Phi) is 6.88. The van der Waals surface area contributed by atoms with Crippen LogP contribution >= 0.6 is 0 Å². The molecule has 0 aromatic heterocycles. The van der Waals surface area contributed by atoms with Crippen LogP contribution in [0.2, 0.25) is 0 Å². The largest absolute Gasteiger partial charge is 0.345 e. The summed E-state index contributed by atoms with van der Waals surface area (Å²) in [5, 5.41) is 2.93. The van der Waals surface area contributed by atoms with Gasteiger partial charge in [-0.25, -0.2) is 0 Å². The van der Waals surface area contributed by atoms with E-state index in [-0.39, 0.29) is 17.9 Å². The van der Waals surface area contributed by atoms with Gasteiger partial charge in [-0.3, -0.25) is 9.59 Å². The standard InChI is InChI=1S/C31H51N3O2/c1-19(2)16-28(32-21(4)35)29(36)34(7)23-12-14-30(5)22(17-23)8-9-24-26(30)13-15-31-18-33(6)20(3)25(31)10-11-27(24)31/h8,19-20,23-28H,9-18H2,1-7H3,(H,32,35)/t20-,23-,24+,25+,26-,27-,28?,30-,31-/m0/s1. The number of amides is 2. The van der Waals surface area contributed by atoms with Gasteiger partial charge in [-0.05, 0) is 112 Å². The lowest BCUT2D eigenvalue weighted by Crippen LogP contribution is -2.54. The summed E-state index contributed by atoms with van der Waals surface area (Å²) in [5.74, 6) is 3.79. The average molecular weight is 498 g/mol. The summed E-state index contributed by atoms with van der Waals surface area (Å²) in [7, 11) is 4.33. The minimum Gasteiger partial charge on any atom is -0.345 e. The van der Waals surface area contributed by atoms with E-state index in [0.717, 1.165) is 42.6 Å². The van der Waals surface area contributed by atoms with Crippen molar-refractivity contribution in [2.45, 2.75) is 111 Å². The molecule has 3 saturated carbocycles. The summed E-state index contributed by atoms with van der Waals surface area (Å²) in [5.41, 5.74) is 2.51. The van der Waals surface area contributed by atoms with Gasteiger partial charge in [-0.1, -0.05) is 32.4 Å². The van der Waals surface area contributed by atoms with Gasteiger partial charge in [-0.2, -0.15) is 0 Å². The third kappa shape index (κ3) is 4.07. The van der Waals surface area contributed by atoms with Crippen molar-refractivity contribution in [3.8, 4) is 0 Å². The van der Waals surface area contributed by atoms with Crippen molar-refractivity contribution < 1.29 is 9.59 Å². The predicted octanol–water partition coefficient (Wildman–Crippen LogP) is 5.26. The molecule has 0 aromatic rings. The summed E-state index contributed by atoms with van der Waals surface area (Å²) in [6, 6.07) is 0.576. The van der Waals surface area contributed by atoms with Crippen LogP contribution < -0.4 is 5.32 Å². The number of nitrogens with zero attached hydrogens (tertiary/aromatic N) is 2. The van der Waals surface area contributed by atoms with Gasteiger partial charge in [0.25, 0.3) is 0 Å². The second-order valence-electron chi connectivity index (χ2n) is 14.1. The topological polar surface area (TPSA) is 52.7 Å². The van der Waals surface area contributed by atoms with Crippen LogP contribution in [0.1, 0.15) is 92.4 Å². The Labute approximate surface area is 219 Å². The van der Waals surface area contributed by atoms with Gasteiger partial charge < -0.3 is 15.1 Å². The first kappa shape index (κ1) is 26.3. The lowest BCUT2D eigenvalue weighted by molar-refractivity contribution is -0.138. The van der Waals surface area contributed by atoms with Crippen LogP contribution in [0.4, 0.5) is 0 Å². The number of carbonyl (C=O) groups excluding carboxylic acids is 2. The molecule has 1 saturated heterocycles. The molecule has 0 radical (unpaired) electrons. The SMILES string of the molecule is CC(=O)NC(CC(C)C)C(=O)N(C)[C@H]1CC[C@@]2(C)C(=CC[C@H]3[C@@H]4CC[C@@H]5[C@H](C)N(C)C[C@@]54CC[C@@H]32)C1. The minimum atomic E-state index is -0.415. The molecule has 36 heavy (non-hydrogen) atoms. The molecule has 1 heterocycles. The number of fused-ring (bicyclic) bond motifs is 4. The second kappa shape index (κ2) is 9.43. The molecule has 1 unspecified atom stereocenters. The quantitative estimate of drug-likeness (QED) is 0.527. The van der Waals surface area contributed by atoms with Gasteiger partial charge in [0, 0.05) is 32.6 Å². The van der Waals surface area contributed by atoms with E-state index in [1.165, 1.54) is 52.0 Å². The number of nitrogens with one attached hydrogen (secondary N) is 1. The zero-order valence-corrected chi connectivity index (χ0v) is 24.0. The molecule has 0 aromatic carbocycles. The van der Waals surface area contributed by atoms with Crippen molar-refractivity contribution >= 4 is 11.8 Å². The molecule has 202 valence electrons. The summed E-state index contributed by atoms with van der Waals surface area (Å²) in [4.78, 5) is 29.9. The van der Waals surface area contributed by atoms with Crippen LogP contribution in [-0.2, 0) is 9.59 Å². The predicted molar refractivity (Wildman–Crippen MR) is 145 cm³/mol. The Bertz CT molecular complexity index is 913. The molecule has 2 amide bonds. The van der Waals surface area contributed by atoms with Crippen molar-refractivity contribution in [3.05, 3.63) is 11.6 Å². The maximum Gasteiger partial charge on any atom is 0.245 e. The summed E-state index contributed by atoms with van der Waals surface area (Å²) in [6.45, 7) is 12.1. The van der Waals surface area contributed by atoms with E-state index >= 15 is 0 Å². The van der Waals surface area contributed by atoms with Crippen molar-refractivity contribution in [1.82, 2.24) is 15.1 Å². The number of hydrogen-bond donors (Lipinski definition) is 1. The van der Waals surface area contributed by atoms with Crippen molar-refractivity contribution in [3.63, 3.8) is 0 Å². The molecule has 1 spiro atoms. The molecular weight excluding hydrogens is 446 g/mol. The van der Waals surface area contributed by atoms with E-state index in [1.807, 2.05) is 11.9 Å². The second-order valence-corrected chi connectivity index (χ2v) is 14.1. The first-order chi connectivity index (χ1) is 17.0. The van der Waals surface area contributed by atoms with Gasteiger partial charge in [0.15, 0.2) is 0 Å². The first-order valence-electron chi connectivity index (χ1n) is 14.9. The summed E-state index contributed by atoms with van der Waals surface area (Å²) >= 11 is 0. The lowest BCUT2D eigenvalue weighted by Gasteiger charge is -2.58. The average Bonchev–Trinajstić information content (AvgIpc) is 3.30. The molecule has 5 aliphatic rings. The smallest absolute Gasteiger partial charge is 0.245 e. The summed E-state index contributed by atoms with van der Waals surface area (Å²) < 4.78 is 0. The van der Waals surface area contributed by atoms with E-state index in [9.17, 15) is 9.59 Å². The molecule has 1 aliphatic heterocycles. The molecule has 1 N–H and O–H groups in total. The highest BCUT2D eigenvalue weighted by Gasteiger charge is 2.64. The van der Waals surface area contributed by atoms with Gasteiger partial charge in [0.05, 0.1) is 0 Å². The molecule has 9 atom stereocenters. The van der Waals surface area contributed by atoms with Gasteiger partial charge in [0.2, 0.25) is 11.8 Å². The number of rotatable bonds is 5. The molecule has 4 fully saturated rings. The lowest BCUT2D eigenvalue weighted by atomic mass is 9.47. The minimum absolute atomic E-state index is 0.0814. The molecule has 0 bridgehead atoms. The fourth-order valence-corrected chi connectivity index (χ4v) is 10.1. The highest BCUT2D eigenvalue weighted by Crippen LogP contribution is 2.68. The highest BCUT2D eigenvalue weighted by atomic mass is 16.2. The van der Waals surface area contributed by atoms with Crippen LogP contribution in [-0.4, -0.2) is 60.4 Å². The molecule has 5 rings (SSSR count). The van der Waals surface area contributed by atoms with Crippen LogP contribution in [0.5, 0.6) is 0 Å². The van der Waals surface area contributed by atoms with Gasteiger partial charge in [0.1, 0.15) is 6.04 Å². The summed E-state index contributed by atoms with van der Waals surface area (Å²) in [6.07, 6.45) is 13.5. The molecule has 4 aliphatic carbocycles. The van der Waals surface area contributed by atoms with Crippen LogP contribution in [0.15, 0.2) is 11.6 Å². The maximum atomic E-state index is 13.5. The Morgan fingerprint density at radius 3 is 2.56 bits per heavy atom. The normalized spacial score (nSPS) is 42.6. The first-order valence-corrected chi connectivity index (χ1v) is 14.9. The fourth-order valence-electron chi connectivity index (χ4n) is 10.1. The van der Waals surface area contributed by atoms with Gasteiger partial charge >= 0.3 is 0 Å². The van der Waals surface area contributed by atoms with Crippen molar-refractivity contribution in [2.24, 2.45) is 40.4 Å². The van der Waals surface area contributed by atoms with Crippen LogP contribution in [0, 0.1) is 40.4 Å². The van der Waals surface area contributed by atoms with Crippen molar-refractivity contribution in [1.29, 1.82) is 0 Å². The highest BCUT2D eigenvalue weighted by molar-refractivity contribution is 5.87. The van der Waals surface area contributed by atoms with Crippen LogP contribution in [0.25, 0.3) is 0 Å². The number of allylic oxidation sites excluding steroid dienone is 1.